The van der Waals surface area contributed by atoms with Gasteiger partial charge in [0.05, 0.1) is 0 Å². The minimum Gasteiger partial charge on any atom is -0.354 e. The second kappa shape index (κ2) is 4.26. The van der Waals surface area contributed by atoms with E-state index in [2.05, 4.69) is 59.9 Å². The topological polar surface area (TPSA) is 15.8 Å². The van der Waals surface area contributed by atoms with Crippen LogP contribution in [0.5, 0.6) is 0 Å². The first-order valence-electron chi connectivity index (χ1n) is 6.27. The number of benzene rings is 2. The lowest BCUT2D eigenvalue weighted by atomic mass is 9.86. The maximum atomic E-state index is 6.11. The molecule has 0 aliphatic heterocycles. The highest BCUT2D eigenvalue weighted by molar-refractivity contribution is 9.10. The summed E-state index contributed by atoms with van der Waals surface area (Å²) in [7, 11) is 0. The summed E-state index contributed by atoms with van der Waals surface area (Å²) < 4.78 is 1.03. The maximum Gasteiger partial charge on any atom is 0.0491 e. The van der Waals surface area contributed by atoms with E-state index in [0.29, 0.717) is 0 Å². The molecule has 0 aliphatic rings. The van der Waals surface area contributed by atoms with Crippen LogP contribution in [0.25, 0.3) is 21.8 Å². The van der Waals surface area contributed by atoms with Crippen LogP contribution in [0.4, 0.5) is 0 Å². The van der Waals surface area contributed by atoms with Gasteiger partial charge in [0.25, 0.3) is 0 Å². The van der Waals surface area contributed by atoms with Crippen LogP contribution in [0.2, 0.25) is 5.02 Å². The summed E-state index contributed by atoms with van der Waals surface area (Å²) in [5, 5.41) is 3.18. The molecule has 0 radical (unpaired) electrons. The number of nitrogens with one attached hydrogen (secondary N) is 1. The molecule has 0 saturated heterocycles. The average Bonchev–Trinajstić information content (AvgIpc) is 2.64. The van der Waals surface area contributed by atoms with Crippen LogP contribution in [0.1, 0.15) is 26.3 Å². The standard InChI is InChI=1S/C16H15BrClN/c1-16(2,3)9-4-5-13-11(6-9)15-12(17)7-10(18)8-14(15)19-13/h4-8,19H,1-3H3. The average molecular weight is 337 g/mol. The van der Waals surface area contributed by atoms with Gasteiger partial charge in [-0.1, -0.05) is 54.4 Å². The third-order valence-corrected chi connectivity index (χ3v) is 4.32. The van der Waals surface area contributed by atoms with Crippen LogP contribution < -0.4 is 0 Å². The number of aromatic amines is 1. The van der Waals surface area contributed by atoms with Gasteiger partial charge in [-0.15, -0.1) is 0 Å². The fourth-order valence-corrected chi connectivity index (χ4v) is 3.44. The normalized spacial score (nSPS) is 12.5. The molecule has 0 saturated carbocycles. The van der Waals surface area contributed by atoms with E-state index in [1.165, 1.54) is 16.3 Å². The molecule has 0 atom stereocenters. The van der Waals surface area contributed by atoms with E-state index in [1.54, 1.807) is 0 Å². The van der Waals surface area contributed by atoms with Crippen molar-refractivity contribution in [1.29, 1.82) is 0 Å². The lowest BCUT2D eigenvalue weighted by Gasteiger charge is -2.18. The molecule has 19 heavy (non-hydrogen) atoms. The van der Waals surface area contributed by atoms with E-state index < -0.39 is 0 Å². The van der Waals surface area contributed by atoms with Gasteiger partial charge >= 0.3 is 0 Å². The fourth-order valence-electron chi connectivity index (χ4n) is 2.42. The smallest absolute Gasteiger partial charge is 0.0491 e. The Morgan fingerprint density at radius 1 is 1.05 bits per heavy atom. The number of rotatable bonds is 0. The summed E-state index contributed by atoms with van der Waals surface area (Å²) >= 11 is 9.72. The van der Waals surface area contributed by atoms with Crippen LogP contribution in [0.3, 0.4) is 0 Å². The number of hydrogen-bond donors (Lipinski definition) is 1. The van der Waals surface area contributed by atoms with Crippen LogP contribution in [0, 0.1) is 0 Å². The minimum atomic E-state index is 0.149. The molecule has 2 aromatic carbocycles. The molecule has 3 aromatic rings. The molecule has 1 nitrogen and oxygen atoms in total. The Labute approximate surface area is 126 Å². The van der Waals surface area contributed by atoms with Gasteiger partial charge in [0.2, 0.25) is 0 Å². The molecule has 98 valence electrons. The van der Waals surface area contributed by atoms with Crippen LogP contribution >= 0.6 is 27.5 Å². The van der Waals surface area contributed by atoms with E-state index in [9.17, 15) is 0 Å². The molecule has 3 rings (SSSR count). The highest BCUT2D eigenvalue weighted by Gasteiger charge is 2.16. The zero-order valence-electron chi connectivity index (χ0n) is 11.1. The van der Waals surface area contributed by atoms with Crippen molar-refractivity contribution in [2.24, 2.45) is 0 Å². The Balaban J connectivity index is 2.42. The van der Waals surface area contributed by atoms with Gasteiger partial charge in [-0.3, -0.25) is 0 Å². The Kier molecular flexibility index (Phi) is 2.91. The molecular weight excluding hydrogens is 322 g/mol. The van der Waals surface area contributed by atoms with Gasteiger partial charge in [-0.25, -0.2) is 0 Å². The van der Waals surface area contributed by atoms with Gasteiger partial charge in [0.1, 0.15) is 0 Å². The van der Waals surface area contributed by atoms with E-state index in [-0.39, 0.29) is 5.41 Å². The molecule has 1 aromatic heterocycles. The third-order valence-electron chi connectivity index (χ3n) is 3.48. The largest absolute Gasteiger partial charge is 0.354 e. The van der Waals surface area contributed by atoms with Crippen LogP contribution in [-0.4, -0.2) is 4.98 Å². The Morgan fingerprint density at radius 3 is 2.47 bits per heavy atom. The second-order valence-corrected chi connectivity index (χ2v) is 7.24. The number of fused-ring (bicyclic) bond motifs is 3. The first kappa shape index (κ1) is 13.0. The molecule has 0 amide bonds. The van der Waals surface area contributed by atoms with E-state index in [4.69, 9.17) is 11.6 Å². The SMILES string of the molecule is CC(C)(C)c1ccc2[nH]c3cc(Cl)cc(Br)c3c2c1. The molecule has 0 fully saturated rings. The quantitative estimate of drug-likeness (QED) is 0.515. The van der Waals surface area contributed by atoms with Crippen molar-refractivity contribution >= 4 is 49.3 Å². The van der Waals surface area contributed by atoms with Crippen molar-refractivity contribution in [1.82, 2.24) is 4.98 Å². The van der Waals surface area contributed by atoms with E-state index in [1.807, 2.05) is 12.1 Å². The summed E-state index contributed by atoms with van der Waals surface area (Å²) in [6.45, 7) is 6.69. The number of hydrogen-bond acceptors (Lipinski definition) is 0. The van der Waals surface area contributed by atoms with Crippen molar-refractivity contribution in [3.8, 4) is 0 Å². The Bertz CT molecular complexity index is 781. The van der Waals surface area contributed by atoms with Crippen molar-refractivity contribution in [3.05, 3.63) is 45.4 Å². The summed E-state index contributed by atoms with van der Waals surface area (Å²) in [4.78, 5) is 3.42. The van der Waals surface area contributed by atoms with Crippen molar-refractivity contribution < 1.29 is 0 Å². The van der Waals surface area contributed by atoms with Crippen LogP contribution in [-0.2, 0) is 5.41 Å². The van der Waals surface area contributed by atoms with Crippen molar-refractivity contribution in [3.63, 3.8) is 0 Å². The molecule has 0 unspecified atom stereocenters. The summed E-state index contributed by atoms with van der Waals surface area (Å²) in [5.41, 5.74) is 3.70. The first-order chi connectivity index (χ1) is 8.86. The zero-order chi connectivity index (χ0) is 13.8. The van der Waals surface area contributed by atoms with Gasteiger partial charge in [0.15, 0.2) is 0 Å². The Morgan fingerprint density at radius 2 is 1.79 bits per heavy atom. The zero-order valence-corrected chi connectivity index (χ0v) is 13.5. The molecule has 0 spiro atoms. The Hall–Kier alpha value is -0.990. The lowest BCUT2D eigenvalue weighted by molar-refractivity contribution is 0.591. The monoisotopic (exact) mass is 335 g/mol. The maximum absolute atomic E-state index is 6.11. The van der Waals surface area contributed by atoms with Crippen molar-refractivity contribution in [2.75, 3.05) is 0 Å². The highest BCUT2D eigenvalue weighted by Crippen LogP contribution is 2.36. The number of H-pyrrole nitrogens is 1. The van der Waals surface area contributed by atoms with Crippen molar-refractivity contribution in [2.45, 2.75) is 26.2 Å². The first-order valence-corrected chi connectivity index (χ1v) is 7.44. The highest BCUT2D eigenvalue weighted by atomic mass is 79.9. The summed E-state index contributed by atoms with van der Waals surface area (Å²) in [6, 6.07) is 10.5. The number of aromatic nitrogens is 1. The molecule has 3 heteroatoms. The summed E-state index contributed by atoms with van der Waals surface area (Å²) in [5.74, 6) is 0. The molecule has 1 N–H and O–H groups in total. The molecule has 0 bridgehead atoms. The van der Waals surface area contributed by atoms with Crippen LogP contribution in [0.15, 0.2) is 34.8 Å². The van der Waals surface area contributed by atoms with Gasteiger partial charge < -0.3 is 4.98 Å². The third kappa shape index (κ3) is 2.17. The number of halogens is 2. The second-order valence-electron chi connectivity index (χ2n) is 5.95. The molecular formula is C16H15BrClN. The predicted molar refractivity (Wildman–Crippen MR) is 87.2 cm³/mol. The van der Waals surface area contributed by atoms with E-state index in [0.717, 1.165) is 20.5 Å². The minimum absolute atomic E-state index is 0.149. The molecule has 1 heterocycles. The summed E-state index contributed by atoms with van der Waals surface area (Å²) in [6.07, 6.45) is 0. The fraction of sp³-hybridized carbons (Fsp3) is 0.250. The predicted octanol–water partition coefficient (Wildman–Crippen LogP) is 6.03. The molecule has 0 aliphatic carbocycles. The lowest BCUT2D eigenvalue weighted by Crippen LogP contribution is -2.10. The van der Waals surface area contributed by atoms with Gasteiger partial charge in [0, 0.05) is 31.3 Å². The van der Waals surface area contributed by atoms with E-state index >= 15 is 0 Å². The van der Waals surface area contributed by atoms with Gasteiger partial charge in [-0.2, -0.15) is 0 Å². The van der Waals surface area contributed by atoms with Gasteiger partial charge in [-0.05, 0) is 35.2 Å².